The zero-order chi connectivity index (χ0) is 17.9. The van der Waals surface area contributed by atoms with E-state index in [-0.39, 0.29) is 20.8 Å². The molecular weight excluding hydrogens is 394 g/mol. The van der Waals surface area contributed by atoms with Gasteiger partial charge in [-0.2, -0.15) is 0 Å². The standard InChI is InChI=1S/C21H19FN2OSe/c1-25-17-8-10-18(11-9-17)26-19-13-15-3-2-12-23-21(15)24-20(19)14-4-6-16(22)7-5-14/h4-11,13H,2-3,12H2,1H3,(H,23,24). The molecule has 0 fully saturated rings. The van der Waals surface area contributed by atoms with Gasteiger partial charge in [0.25, 0.3) is 0 Å². The molecule has 132 valence electrons. The molecule has 0 radical (unpaired) electrons. The van der Waals surface area contributed by atoms with Crippen molar-refractivity contribution in [2.45, 2.75) is 12.8 Å². The summed E-state index contributed by atoms with van der Waals surface area (Å²) >= 11 is 0.107. The Balaban J connectivity index is 1.76. The van der Waals surface area contributed by atoms with E-state index in [1.54, 1.807) is 19.2 Å². The van der Waals surface area contributed by atoms with Crippen LogP contribution in [0.2, 0.25) is 0 Å². The second-order valence-corrected chi connectivity index (χ2v) is 8.50. The molecule has 0 amide bonds. The normalized spacial score (nSPS) is 13.0. The Hall–Kier alpha value is -2.36. The quantitative estimate of drug-likeness (QED) is 0.668. The van der Waals surface area contributed by atoms with E-state index in [1.807, 2.05) is 12.1 Å². The van der Waals surface area contributed by atoms with Crippen LogP contribution in [-0.2, 0) is 6.42 Å². The molecule has 0 aliphatic carbocycles. The summed E-state index contributed by atoms with van der Waals surface area (Å²) in [6.45, 7) is 0.950. The molecule has 5 heteroatoms. The molecule has 1 N–H and O–H groups in total. The summed E-state index contributed by atoms with van der Waals surface area (Å²) in [5.74, 6) is 1.59. The third kappa shape index (κ3) is 3.59. The molecule has 0 saturated carbocycles. The molecule has 0 bridgehead atoms. The molecule has 1 aliphatic heterocycles. The molecule has 0 unspecified atom stereocenters. The van der Waals surface area contributed by atoms with E-state index < -0.39 is 0 Å². The van der Waals surface area contributed by atoms with Crippen LogP contribution in [0.4, 0.5) is 10.2 Å². The summed E-state index contributed by atoms with van der Waals surface area (Å²) < 4.78 is 21.1. The summed E-state index contributed by atoms with van der Waals surface area (Å²) in [6.07, 6.45) is 2.17. The van der Waals surface area contributed by atoms with Crippen molar-refractivity contribution >= 4 is 29.7 Å². The van der Waals surface area contributed by atoms with E-state index in [4.69, 9.17) is 9.72 Å². The number of nitrogens with one attached hydrogen (secondary N) is 1. The monoisotopic (exact) mass is 414 g/mol. The maximum absolute atomic E-state index is 13.4. The van der Waals surface area contributed by atoms with E-state index in [0.29, 0.717) is 0 Å². The molecule has 2 aromatic carbocycles. The van der Waals surface area contributed by atoms with Crippen molar-refractivity contribution < 1.29 is 9.13 Å². The van der Waals surface area contributed by atoms with Crippen LogP contribution in [0.1, 0.15) is 12.0 Å². The fourth-order valence-electron chi connectivity index (χ4n) is 3.03. The predicted octanol–water partition coefficient (Wildman–Crippen LogP) is 2.91. The number of rotatable bonds is 4. The van der Waals surface area contributed by atoms with Crippen molar-refractivity contribution in [3.63, 3.8) is 0 Å². The number of ether oxygens (including phenoxy) is 1. The van der Waals surface area contributed by atoms with E-state index in [2.05, 4.69) is 23.5 Å². The molecule has 2 heterocycles. The maximum atomic E-state index is 13.4. The molecule has 3 aromatic rings. The fourth-order valence-corrected chi connectivity index (χ4v) is 5.10. The number of pyridine rings is 1. The van der Waals surface area contributed by atoms with Gasteiger partial charge in [-0.05, 0) is 0 Å². The molecule has 3 nitrogen and oxygen atoms in total. The molecule has 0 spiro atoms. The Morgan fingerprint density at radius 2 is 1.85 bits per heavy atom. The number of aryl methyl sites for hydroxylation is 1. The number of benzene rings is 2. The van der Waals surface area contributed by atoms with Crippen LogP contribution in [0, 0.1) is 5.82 Å². The van der Waals surface area contributed by atoms with E-state index in [1.165, 1.54) is 26.6 Å². The van der Waals surface area contributed by atoms with Gasteiger partial charge < -0.3 is 0 Å². The summed E-state index contributed by atoms with van der Waals surface area (Å²) in [5, 5.41) is 3.40. The van der Waals surface area contributed by atoms with Gasteiger partial charge in [0.1, 0.15) is 0 Å². The SMILES string of the molecule is COc1ccc([Se]c2cc3c(nc2-c2ccc(F)cc2)NCCC3)cc1. The first kappa shape index (κ1) is 17.1. The summed E-state index contributed by atoms with van der Waals surface area (Å²) in [7, 11) is 1.67. The number of nitrogens with zero attached hydrogens (tertiary/aromatic N) is 1. The van der Waals surface area contributed by atoms with Crippen molar-refractivity contribution in [3.05, 3.63) is 66.0 Å². The zero-order valence-corrected chi connectivity index (χ0v) is 16.2. The average Bonchev–Trinajstić information content (AvgIpc) is 2.69. The van der Waals surface area contributed by atoms with Crippen molar-refractivity contribution in [1.82, 2.24) is 4.98 Å². The Morgan fingerprint density at radius 1 is 1.08 bits per heavy atom. The third-order valence-corrected chi connectivity index (χ3v) is 6.57. The van der Waals surface area contributed by atoms with Crippen molar-refractivity contribution in [2.24, 2.45) is 0 Å². The topological polar surface area (TPSA) is 34.1 Å². The molecule has 1 aliphatic rings. The van der Waals surface area contributed by atoms with Crippen LogP contribution in [0.25, 0.3) is 11.3 Å². The van der Waals surface area contributed by atoms with Crippen LogP contribution in [0.15, 0.2) is 54.6 Å². The van der Waals surface area contributed by atoms with Crippen LogP contribution in [0.3, 0.4) is 0 Å². The Kier molecular flexibility index (Phi) is 4.91. The Bertz CT molecular complexity index is 911. The predicted molar refractivity (Wildman–Crippen MR) is 104 cm³/mol. The minimum atomic E-state index is -0.230. The van der Waals surface area contributed by atoms with Gasteiger partial charge in [0, 0.05) is 0 Å². The summed E-state index contributed by atoms with van der Waals surface area (Å²) in [6, 6.07) is 17.1. The first-order valence-corrected chi connectivity index (χ1v) is 10.3. The van der Waals surface area contributed by atoms with Gasteiger partial charge in [-0.25, -0.2) is 0 Å². The molecule has 26 heavy (non-hydrogen) atoms. The van der Waals surface area contributed by atoms with Gasteiger partial charge in [-0.3, -0.25) is 0 Å². The van der Waals surface area contributed by atoms with Crippen molar-refractivity contribution in [3.8, 4) is 17.0 Å². The van der Waals surface area contributed by atoms with Crippen molar-refractivity contribution in [1.29, 1.82) is 0 Å². The van der Waals surface area contributed by atoms with Crippen LogP contribution >= 0.6 is 0 Å². The van der Waals surface area contributed by atoms with Gasteiger partial charge in [0.05, 0.1) is 0 Å². The Morgan fingerprint density at radius 3 is 2.58 bits per heavy atom. The van der Waals surface area contributed by atoms with Gasteiger partial charge >= 0.3 is 159 Å². The number of anilines is 1. The number of fused-ring (bicyclic) bond motifs is 1. The van der Waals surface area contributed by atoms with Gasteiger partial charge in [0.15, 0.2) is 0 Å². The molecule has 0 saturated heterocycles. The Labute approximate surface area is 158 Å². The fraction of sp³-hybridized carbons (Fsp3) is 0.190. The van der Waals surface area contributed by atoms with Crippen LogP contribution in [-0.4, -0.2) is 33.6 Å². The second kappa shape index (κ2) is 7.48. The van der Waals surface area contributed by atoms with Gasteiger partial charge in [0.2, 0.25) is 0 Å². The van der Waals surface area contributed by atoms with E-state index >= 15 is 0 Å². The number of aromatic nitrogens is 1. The molecule has 0 atom stereocenters. The van der Waals surface area contributed by atoms with Crippen molar-refractivity contribution in [2.75, 3.05) is 19.0 Å². The van der Waals surface area contributed by atoms with Gasteiger partial charge in [-0.1, -0.05) is 0 Å². The number of methoxy groups -OCH3 is 1. The van der Waals surface area contributed by atoms with Crippen LogP contribution in [0.5, 0.6) is 5.75 Å². The molecule has 4 rings (SSSR count). The van der Waals surface area contributed by atoms with Crippen LogP contribution < -0.4 is 19.0 Å². The summed E-state index contributed by atoms with van der Waals surface area (Å²) in [4.78, 5) is 4.90. The second-order valence-electron chi connectivity index (χ2n) is 6.16. The first-order valence-electron chi connectivity index (χ1n) is 8.58. The number of hydrogen-bond acceptors (Lipinski definition) is 3. The third-order valence-electron chi connectivity index (χ3n) is 4.39. The molecular formula is C21H19FN2OSe. The van der Waals surface area contributed by atoms with E-state index in [9.17, 15) is 4.39 Å². The average molecular weight is 413 g/mol. The molecule has 1 aromatic heterocycles. The zero-order valence-electron chi connectivity index (χ0n) is 14.5. The van der Waals surface area contributed by atoms with Gasteiger partial charge in [-0.15, -0.1) is 0 Å². The summed E-state index contributed by atoms with van der Waals surface area (Å²) in [5.41, 5.74) is 3.16. The van der Waals surface area contributed by atoms with E-state index in [0.717, 1.165) is 42.2 Å². The number of halogens is 1. The first-order chi connectivity index (χ1) is 12.7. The minimum absolute atomic E-state index is 0.107. The number of hydrogen-bond donors (Lipinski definition) is 1.